The lowest BCUT2D eigenvalue weighted by Gasteiger charge is -2.10. The van der Waals surface area contributed by atoms with Crippen molar-refractivity contribution in [1.29, 1.82) is 0 Å². The van der Waals surface area contributed by atoms with E-state index in [1.165, 1.54) is 6.07 Å². The Morgan fingerprint density at radius 1 is 1.77 bits per heavy atom. The van der Waals surface area contributed by atoms with Crippen LogP contribution in [0.1, 0.15) is 17.6 Å². The first kappa shape index (κ1) is 9.69. The van der Waals surface area contributed by atoms with Gasteiger partial charge in [0.05, 0.1) is 0 Å². The second kappa shape index (κ2) is 3.55. The summed E-state index contributed by atoms with van der Waals surface area (Å²) in [5.74, 6) is -0.792. The first-order valence-electron chi connectivity index (χ1n) is 3.62. The van der Waals surface area contributed by atoms with Gasteiger partial charge in [-0.05, 0) is 6.92 Å². The van der Waals surface area contributed by atoms with Crippen LogP contribution in [0.25, 0.3) is 0 Å². The number of aryl methyl sites for hydroxylation is 1. The van der Waals surface area contributed by atoms with Crippen molar-refractivity contribution in [2.24, 2.45) is 5.73 Å². The Labute approximate surface area is 73.9 Å². The quantitative estimate of drug-likeness (QED) is 0.583. The largest absolute Gasteiger partial charge is 0.480 e. The first-order chi connectivity index (χ1) is 6.02. The number of carboxylic acid groups (broad SMARTS) is 1. The van der Waals surface area contributed by atoms with Crippen molar-refractivity contribution in [3.8, 4) is 0 Å². The van der Waals surface area contributed by atoms with E-state index in [0.29, 0.717) is 5.76 Å². The highest BCUT2D eigenvalue weighted by atomic mass is 16.5. The molecule has 0 radical (unpaired) electrons. The van der Waals surface area contributed by atoms with Crippen LogP contribution in [0.2, 0.25) is 0 Å². The van der Waals surface area contributed by atoms with Crippen molar-refractivity contribution in [2.45, 2.75) is 19.1 Å². The molecule has 0 aliphatic carbocycles. The molecule has 0 spiro atoms. The molecule has 0 amide bonds. The predicted molar refractivity (Wildman–Crippen MR) is 41.8 cm³/mol. The number of nitrogens with two attached hydrogens (primary N) is 1. The van der Waals surface area contributed by atoms with Gasteiger partial charge in [0.15, 0.2) is 0 Å². The zero-order valence-corrected chi connectivity index (χ0v) is 6.97. The van der Waals surface area contributed by atoms with Gasteiger partial charge < -0.3 is 20.5 Å². The van der Waals surface area contributed by atoms with E-state index in [4.69, 9.17) is 10.8 Å². The van der Waals surface area contributed by atoms with Crippen molar-refractivity contribution in [2.75, 3.05) is 0 Å². The van der Waals surface area contributed by atoms with E-state index in [2.05, 4.69) is 9.68 Å². The van der Waals surface area contributed by atoms with Crippen LogP contribution in [0.3, 0.4) is 0 Å². The van der Waals surface area contributed by atoms with Crippen LogP contribution >= 0.6 is 0 Å². The summed E-state index contributed by atoms with van der Waals surface area (Å²) in [6.07, 6.45) is -1.34. The molecular formula is C7H10N2O4. The Morgan fingerprint density at radius 3 is 2.77 bits per heavy atom. The topological polar surface area (TPSA) is 110 Å². The summed E-state index contributed by atoms with van der Waals surface area (Å²) in [6, 6.07) is 0.0532. The van der Waals surface area contributed by atoms with Crippen molar-refractivity contribution in [3.63, 3.8) is 0 Å². The van der Waals surface area contributed by atoms with Crippen LogP contribution in [-0.4, -0.2) is 27.4 Å². The summed E-state index contributed by atoms with van der Waals surface area (Å²) in [5, 5.41) is 21.3. The van der Waals surface area contributed by atoms with E-state index in [9.17, 15) is 9.90 Å². The molecule has 1 rings (SSSR count). The highest BCUT2D eigenvalue weighted by Crippen LogP contribution is 2.15. The third kappa shape index (κ3) is 2.04. The van der Waals surface area contributed by atoms with Crippen LogP contribution < -0.4 is 5.73 Å². The van der Waals surface area contributed by atoms with E-state index in [0.717, 1.165) is 0 Å². The van der Waals surface area contributed by atoms with Gasteiger partial charge >= 0.3 is 5.97 Å². The summed E-state index contributed by atoms with van der Waals surface area (Å²) in [7, 11) is 0. The lowest BCUT2D eigenvalue weighted by Crippen LogP contribution is -2.36. The summed E-state index contributed by atoms with van der Waals surface area (Å²) < 4.78 is 4.66. The smallest absolute Gasteiger partial charge is 0.323 e. The molecule has 2 atom stereocenters. The van der Waals surface area contributed by atoms with Crippen LogP contribution in [0.15, 0.2) is 10.6 Å². The maximum atomic E-state index is 10.4. The molecule has 0 bridgehead atoms. The molecule has 2 unspecified atom stereocenters. The van der Waals surface area contributed by atoms with Gasteiger partial charge in [0.25, 0.3) is 0 Å². The Bertz CT molecular complexity index is 309. The molecule has 0 aliphatic heterocycles. The van der Waals surface area contributed by atoms with Crippen molar-refractivity contribution < 1.29 is 19.5 Å². The molecule has 4 N–H and O–H groups in total. The Kier molecular flexibility index (Phi) is 2.64. The van der Waals surface area contributed by atoms with Crippen LogP contribution in [0.5, 0.6) is 0 Å². The molecule has 1 aromatic heterocycles. The Hall–Kier alpha value is -1.40. The maximum absolute atomic E-state index is 10.4. The molecule has 13 heavy (non-hydrogen) atoms. The lowest BCUT2D eigenvalue weighted by atomic mass is 10.1. The first-order valence-corrected chi connectivity index (χ1v) is 3.62. The number of aliphatic hydroxyl groups is 1. The van der Waals surface area contributed by atoms with E-state index in [1.54, 1.807) is 6.92 Å². The van der Waals surface area contributed by atoms with Crippen molar-refractivity contribution in [1.82, 2.24) is 5.16 Å². The lowest BCUT2D eigenvalue weighted by molar-refractivity contribution is -0.141. The summed E-state index contributed by atoms with van der Waals surface area (Å²) in [6.45, 7) is 1.63. The van der Waals surface area contributed by atoms with Crippen molar-refractivity contribution >= 4 is 5.97 Å². The predicted octanol–water partition coefficient (Wildman–Crippen LogP) is -0.572. The summed E-state index contributed by atoms with van der Waals surface area (Å²) >= 11 is 0. The fourth-order valence-corrected chi connectivity index (χ4v) is 0.844. The number of carboxylic acids is 1. The van der Waals surface area contributed by atoms with Gasteiger partial charge in [-0.3, -0.25) is 4.79 Å². The minimum absolute atomic E-state index is 0.132. The van der Waals surface area contributed by atoms with Gasteiger partial charge in [-0.25, -0.2) is 0 Å². The van der Waals surface area contributed by atoms with Crippen LogP contribution in [0, 0.1) is 6.92 Å². The van der Waals surface area contributed by atoms with Gasteiger partial charge in [0.1, 0.15) is 23.6 Å². The van der Waals surface area contributed by atoms with E-state index >= 15 is 0 Å². The van der Waals surface area contributed by atoms with Crippen molar-refractivity contribution in [3.05, 3.63) is 17.5 Å². The summed E-state index contributed by atoms with van der Waals surface area (Å²) in [4.78, 5) is 10.4. The van der Waals surface area contributed by atoms with Gasteiger partial charge in [0, 0.05) is 6.07 Å². The molecular weight excluding hydrogens is 176 g/mol. The number of aromatic nitrogens is 1. The van der Waals surface area contributed by atoms with Gasteiger partial charge in [0.2, 0.25) is 0 Å². The molecule has 0 fully saturated rings. The SMILES string of the molecule is Cc1cc(C(O)C(N)C(=O)O)no1. The number of carbonyl (C=O) groups is 1. The molecule has 0 saturated heterocycles. The number of hydrogen-bond acceptors (Lipinski definition) is 5. The average molecular weight is 186 g/mol. The Balaban J connectivity index is 2.78. The number of aliphatic carboxylic acids is 1. The van der Waals surface area contributed by atoms with Gasteiger partial charge in [-0.2, -0.15) is 0 Å². The average Bonchev–Trinajstić information content (AvgIpc) is 2.49. The maximum Gasteiger partial charge on any atom is 0.323 e. The minimum atomic E-state index is -1.38. The Morgan fingerprint density at radius 2 is 2.38 bits per heavy atom. The second-order valence-electron chi connectivity index (χ2n) is 2.67. The monoisotopic (exact) mass is 186 g/mol. The molecule has 1 aromatic rings. The molecule has 1 heterocycles. The van der Waals surface area contributed by atoms with Gasteiger partial charge in [-0.15, -0.1) is 0 Å². The van der Waals surface area contributed by atoms with Crippen LogP contribution in [-0.2, 0) is 4.79 Å². The standard InChI is InChI=1S/C7H10N2O4/c1-3-2-4(9-13-3)6(10)5(8)7(11)12/h2,5-6,10H,8H2,1H3,(H,11,12). The molecule has 6 nitrogen and oxygen atoms in total. The number of nitrogens with zero attached hydrogens (tertiary/aromatic N) is 1. The van der Waals surface area contributed by atoms with E-state index in [-0.39, 0.29) is 5.69 Å². The normalized spacial score (nSPS) is 15.3. The molecule has 0 aromatic carbocycles. The number of hydrogen-bond donors (Lipinski definition) is 3. The highest BCUT2D eigenvalue weighted by Gasteiger charge is 2.25. The fourth-order valence-electron chi connectivity index (χ4n) is 0.844. The van der Waals surface area contributed by atoms with Gasteiger partial charge in [-0.1, -0.05) is 5.16 Å². The minimum Gasteiger partial charge on any atom is -0.480 e. The van der Waals surface area contributed by atoms with E-state index in [1.807, 2.05) is 0 Å². The zero-order chi connectivity index (χ0) is 10.0. The molecule has 0 aliphatic rings. The van der Waals surface area contributed by atoms with Crippen LogP contribution in [0.4, 0.5) is 0 Å². The molecule has 6 heteroatoms. The summed E-state index contributed by atoms with van der Waals surface area (Å²) in [5.41, 5.74) is 5.30. The second-order valence-corrected chi connectivity index (χ2v) is 2.67. The highest BCUT2D eigenvalue weighted by molar-refractivity contribution is 5.74. The molecule has 0 saturated carbocycles. The fraction of sp³-hybridized carbons (Fsp3) is 0.429. The van der Waals surface area contributed by atoms with E-state index < -0.39 is 18.1 Å². The third-order valence-corrected chi connectivity index (χ3v) is 1.57. The zero-order valence-electron chi connectivity index (χ0n) is 6.97. The number of rotatable bonds is 3. The number of aliphatic hydroxyl groups excluding tert-OH is 1. The third-order valence-electron chi connectivity index (χ3n) is 1.57. The molecule has 72 valence electrons.